The zero-order valence-corrected chi connectivity index (χ0v) is 13.8. The number of rotatable bonds is 4. The number of halogens is 3. The van der Waals surface area contributed by atoms with E-state index in [1.54, 1.807) is 0 Å². The molecular formula is C15H19F3N4O4. The summed E-state index contributed by atoms with van der Waals surface area (Å²) in [5, 5.41) is 13.3. The van der Waals surface area contributed by atoms with E-state index in [1.807, 2.05) is 0 Å². The van der Waals surface area contributed by atoms with Crippen molar-refractivity contribution in [2.75, 3.05) is 26.2 Å². The van der Waals surface area contributed by atoms with E-state index >= 15 is 0 Å². The second kappa shape index (κ2) is 8.32. The number of nitrogens with two attached hydrogens (primary N) is 1. The molecule has 0 aromatic heterocycles. The maximum absolute atomic E-state index is 12.9. The van der Waals surface area contributed by atoms with Crippen LogP contribution in [0.1, 0.15) is 17.5 Å². The van der Waals surface area contributed by atoms with Crippen molar-refractivity contribution in [3.8, 4) is 0 Å². The van der Waals surface area contributed by atoms with E-state index in [0.717, 1.165) is 12.1 Å². The summed E-state index contributed by atoms with van der Waals surface area (Å²) in [6.07, 6.45) is -4.42. The van der Waals surface area contributed by atoms with Gasteiger partial charge in [-0.3, -0.25) is 10.1 Å². The van der Waals surface area contributed by atoms with Gasteiger partial charge in [0, 0.05) is 44.9 Å². The molecular weight excluding hydrogens is 357 g/mol. The summed E-state index contributed by atoms with van der Waals surface area (Å²) in [5.74, 6) is 0. The molecule has 3 N–H and O–H groups in total. The highest BCUT2D eigenvalue weighted by Crippen LogP contribution is 2.32. The number of carbonyl (C=O) groups is 1. The van der Waals surface area contributed by atoms with Gasteiger partial charge in [0.05, 0.1) is 16.6 Å². The van der Waals surface area contributed by atoms with E-state index in [-0.39, 0.29) is 31.3 Å². The van der Waals surface area contributed by atoms with Gasteiger partial charge in [0.2, 0.25) is 0 Å². The molecule has 0 bridgehead atoms. The van der Waals surface area contributed by atoms with Gasteiger partial charge >= 0.3 is 12.2 Å². The van der Waals surface area contributed by atoms with E-state index < -0.39 is 28.4 Å². The first-order valence-corrected chi connectivity index (χ1v) is 7.90. The first kappa shape index (κ1) is 19.9. The third-order valence-corrected chi connectivity index (χ3v) is 3.86. The van der Waals surface area contributed by atoms with Crippen LogP contribution in [0.5, 0.6) is 0 Å². The van der Waals surface area contributed by atoms with Crippen molar-refractivity contribution in [1.29, 1.82) is 0 Å². The molecule has 2 amide bonds. The summed E-state index contributed by atoms with van der Waals surface area (Å²) in [6, 6.07) is 1.75. The highest BCUT2D eigenvalue weighted by Gasteiger charge is 2.32. The molecule has 1 atom stereocenters. The highest BCUT2D eigenvalue weighted by atomic mass is 19.4. The smallest absolute Gasteiger partial charge is 0.375 e. The van der Waals surface area contributed by atoms with Crippen LogP contribution in [-0.2, 0) is 17.5 Å². The van der Waals surface area contributed by atoms with E-state index in [1.165, 1.54) is 4.90 Å². The minimum atomic E-state index is -4.72. The molecule has 8 nitrogen and oxygen atoms in total. The van der Waals surface area contributed by atoms with Gasteiger partial charge in [0.25, 0.3) is 5.69 Å². The fourth-order valence-electron chi connectivity index (χ4n) is 2.56. The van der Waals surface area contributed by atoms with Gasteiger partial charge in [-0.15, -0.1) is 0 Å². The molecule has 0 aliphatic carbocycles. The SMILES string of the molecule is NCC1CN(C(=O)NCc2cc([N+](=O)[O-])cc(C(F)(F)F)c2)CCCO1. The molecule has 0 saturated carbocycles. The van der Waals surface area contributed by atoms with E-state index in [4.69, 9.17) is 10.5 Å². The second-order valence-electron chi connectivity index (χ2n) is 5.83. The number of benzene rings is 1. The Labute approximate surface area is 147 Å². The minimum Gasteiger partial charge on any atom is -0.375 e. The lowest BCUT2D eigenvalue weighted by molar-refractivity contribution is -0.385. The second-order valence-corrected chi connectivity index (χ2v) is 5.83. The van der Waals surface area contributed by atoms with E-state index in [0.29, 0.717) is 25.6 Å². The Morgan fingerprint density at radius 1 is 1.42 bits per heavy atom. The summed E-state index contributed by atoms with van der Waals surface area (Å²) in [6.45, 7) is 1.12. The predicted molar refractivity (Wildman–Crippen MR) is 85.3 cm³/mol. The molecule has 1 saturated heterocycles. The van der Waals surface area contributed by atoms with Crippen LogP contribution in [-0.4, -0.2) is 48.2 Å². The van der Waals surface area contributed by atoms with Gasteiger partial charge in [-0.25, -0.2) is 4.79 Å². The molecule has 1 aromatic carbocycles. The summed E-state index contributed by atoms with van der Waals surface area (Å²) < 4.78 is 44.1. The lowest BCUT2D eigenvalue weighted by Gasteiger charge is -2.23. The van der Waals surface area contributed by atoms with E-state index in [2.05, 4.69) is 5.32 Å². The molecule has 0 radical (unpaired) electrons. The van der Waals surface area contributed by atoms with Crippen molar-refractivity contribution in [3.63, 3.8) is 0 Å². The fourth-order valence-corrected chi connectivity index (χ4v) is 2.56. The molecule has 144 valence electrons. The molecule has 1 fully saturated rings. The third kappa shape index (κ3) is 5.30. The average Bonchev–Trinajstić information content (AvgIpc) is 2.84. The van der Waals surface area contributed by atoms with Gasteiger partial charge < -0.3 is 20.7 Å². The molecule has 2 rings (SSSR count). The summed E-state index contributed by atoms with van der Waals surface area (Å²) in [5.41, 5.74) is 3.71. The minimum absolute atomic E-state index is 0.0127. The Morgan fingerprint density at radius 3 is 2.77 bits per heavy atom. The van der Waals surface area contributed by atoms with Crippen LogP contribution in [0, 0.1) is 10.1 Å². The van der Waals surface area contributed by atoms with Crippen LogP contribution in [0.3, 0.4) is 0 Å². The zero-order valence-electron chi connectivity index (χ0n) is 13.8. The van der Waals surface area contributed by atoms with Gasteiger partial charge in [0.1, 0.15) is 0 Å². The third-order valence-electron chi connectivity index (χ3n) is 3.86. The van der Waals surface area contributed by atoms with Crippen molar-refractivity contribution in [2.45, 2.75) is 25.2 Å². The van der Waals surface area contributed by atoms with Crippen LogP contribution < -0.4 is 11.1 Å². The van der Waals surface area contributed by atoms with E-state index in [9.17, 15) is 28.1 Å². The molecule has 26 heavy (non-hydrogen) atoms. The van der Waals surface area contributed by atoms with Crippen molar-refractivity contribution < 1.29 is 27.6 Å². The van der Waals surface area contributed by atoms with Crippen LogP contribution in [0.25, 0.3) is 0 Å². The zero-order chi connectivity index (χ0) is 19.3. The standard InChI is InChI=1S/C15H19F3N4O4/c16-15(17,18)11-4-10(5-12(6-11)22(24)25)8-20-14(23)21-2-1-3-26-13(7-19)9-21/h4-6,13H,1-3,7-9,19H2,(H,20,23). The first-order chi connectivity index (χ1) is 12.2. The number of ether oxygens (including phenoxy) is 1. The number of nitro benzene ring substituents is 1. The normalized spacial score (nSPS) is 18.3. The maximum atomic E-state index is 12.9. The molecule has 0 spiro atoms. The lowest BCUT2D eigenvalue weighted by Crippen LogP contribution is -2.44. The molecule has 1 heterocycles. The Balaban J connectivity index is 2.09. The molecule has 11 heteroatoms. The van der Waals surface area contributed by atoms with Crippen molar-refractivity contribution in [2.24, 2.45) is 5.73 Å². The Kier molecular flexibility index (Phi) is 6.37. The molecule has 1 aromatic rings. The number of carbonyl (C=O) groups excluding carboxylic acids is 1. The summed E-state index contributed by atoms with van der Waals surface area (Å²) in [7, 11) is 0. The number of hydrogen-bond acceptors (Lipinski definition) is 5. The quantitative estimate of drug-likeness (QED) is 0.616. The molecule has 1 aliphatic rings. The Morgan fingerprint density at radius 2 is 2.15 bits per heavy atom. The molecule has 1 aliphatic heterocycles. The maximum Gasteiger partial charge on any atom is 0.416 e. The number of nitrogens with one attached hydrogen (secondary N) is 1. The Hall–Kier alpha value is -2.40. The van der Waals surface area contributed by atoms with Crippen LogP contribution in [0.15, 0.2) is 18.2 Å². The summed E-state index contributed by atoms with van der Waals surface area (Å²) >= 11 is 0. The number of hydrogen-bond donors (Lipinski definition) is 2. The van der Waals surface area contributed by atoms with Gasteiger partial charge in [-0.2, -0.15) is 13.2 Å². The van der Waals surface area contributed by atoms with Crippen LogP contribution >= 0.6 is 0 Å². The lowest BCUT2D eigenvalue weighted by atomic mass is 10.1. The topological polar surface area (TPSA) is 111 Å². The van der Waals surface area contributed by atoms with Crippen molar-refractivity contribution in [1.82, 2.24) is 10.2 Å². The largest absolute Gasteiger partial charge is 0.416 e. The number of non-ortho nitro benzene ring substituents is 1. The number of nitro groups is 1. The number of alkyl halides is 3. The van der Waals surface area contributed by atoms with Crippen molar-refractivity contribution in [3.05, 3.63) is 39.4 Å². The fraction of sp³-hybridized carbons (Fsp3) is 0.533. The summed E-state index contributed by atoms with van der Waals surface area (Å²) in [4.78, 5) is 23.7. The number of amides is 2. The highest BCUT2D eigenvalue weighted by molar-refractivity contribution is 5.74. The number of urea groups is 1. The van der Waals surface area contributed by atoms with Crippen molar-refractivity contribution >= 4 is 11.7 Å². The predicted octanol–water partition coefficient (Wildman–Crippen LogP) is 1.87. The average molecular weight is 376 g/mol. The number of nitrogens with zero attached hydrogens (tertiary/aromatic N) is 2. The van der Waals surface area contributed by atoms with Gasteiger partial charge in [0.15, 0.2) is 0 Å². The first-order valence-electron chi connectivity index (χ1n) is 7.90. The van der Waals surface area contributed by atoms with Crippen LogP contribution in [0.4, 0.5) is 23.7 Å². The molecule has 1 unspecified atom stereocenters. The van der Waals surface area contributed by atoms with Crippen LogP contribution in [0.2, 0.25) is 0 Å². The van der Waals surface area contributed by atoms with Gasteiger partial charge in [-0.1, -0.05) is 0 Å². The monoisotopic (exact) mass is 376 g/mol. The Bertz CT molecular complexity index is 669. The van der Waals surface area contributed by atoms with Gasteiger partial charge in [-0.05, 0) is 18.1 Å².